The van der Waals surface area contributed by atoms with Gasteiger partial charge in [-0.3, -0.25) is 9.36 Å². The van der Waals surface area contributed by atoms with Crippen molar-refractivity contribution in [3.05, 3.63) is 76.3 Å². The zero-order valence-electron chi connectivity index (χ0n) is 16.5. The minimum absolute atomic E-state index is 0.0351. The van der Waals surface area contributed by atoms with E-state index in [4.69, 9.17) is 0 Å². The lowest BCUT2D eigenvalue weighted by Gasteiger charge is -2.31. The molecule has 29 heavy (non-hydrogen) atoms. The second-order valence-corrected chi connectivity index (χ2v) is 9.78. The van der Waals surface area contributed by atoms with Crippen molar-refractivity contribution in [3.63, 3.8) is 0 Å². The fourth-order valence-corrected chi connectivity index (χ4v) is 5.54. The maximum Gasteiger partial charge on any atom is 0.261 e. The van der Waals surface area contributed by atoms with Crippen molar-refractivity contribution in [3.8, 4) is 0 Å². The first-order valence-electron chi connectivity index (χ1n) is 9.90. The van der Waals surface area contributed by atoms with Crippen LogP contribution in [0.5, 0.6) is 0 Å². The molecule has 1 aromatic heterocycles. The second kappa shape index (κ2) is 8.08. The van der Waals surface area contributed by atoms with E-state index in [2.05, 4.69) is 4.98 Å². The molecule has 0 spiro atoms. The van der Waals surface area contributed by atoms with Gasteiger partial charge in [0.1, 0.15) is 0 Å². The van der Waals surface area contributed by atoms with Gasteiger partial charge in [-0.1, -0.05) is 42.0 Å². The van der Waals surface area contributed by atoms with Crippen LogP contribution in [-0.4, -0.2) is 35.4 Å². The minimum Gasteiger partial charge on any atom is -0.298 e. The summed E-state index contributed by atoms with van der Waals surface area (Å²) in [6.07, 6.45) is 3.09. The monoisotopic (exact) mass is 411 g/mol. The van der Waals surface area contributed by atoms with Crippen molar-refractivity contribution in [2.75, 3.05) is 13.1 Å². The number of hydrogen-bond acceptors (Lipinski definition) is 4. The molecule has 4 rings (SSSR count). The lowest BCUT2D eigenvalue weighted by molar-refractivity contribution is 0.251. The Hall–Kier alpha value is -2.51. The normalized spacial score (nSPS) is 16.3. The number of aryl methyl sites for hydroxylation is 1. The number of aromatic nitrogens is 2. The molecule has 1 fully saturated rings. The summed E-state index contributed by atoms with van der Waals surface area (Å²) in [5, 5.41) is 0.619. The van der Waals surface area contributed by atoms with Crippen molar-refractivity contribution in [2.24, 2.45) is 5.92 Å². The van der Waals surface area contributed by atoms with Crippen LogP contribution in [-0.2, 0) is 22.3 Å². The van der Waals surface area contributed by atoms with E-state index in [1.807, 2.05) is 49.4 Å². The number of fused-ring (bicyclic) bond motifs is 1. The number of sulfonamides is 1. The van der Waals surface area contributed by atoms with E-state index in [0.717, 1.165) is 24.0 Å². The van der Waals surface area contributed by atoms with Gasteiger partial charge in [-0.15, -0.1) is 0 Å². The molecule has 0 saturated carbocycles. The van der Waals surface area contributed by atoms with E-state index in [0.29, 0.717) is 30.5 Å². The Bertz CT molecular complexity index is 1180. The highest BCUT2D eigenvalue weighted by Crippen LogP contribution is 2.23. The van der Waals surface area contributed by atoms with Crippen molar-refractivity contribution >= 4 is 20.9 Å². The Morgan fingerprint density at radius 3 is 2.59 bits per heavy atom. The van der Waals surface area contributed by atoms with Crippen LogP contribution in [0.4, 0.5) is 0 Å². The number of nitrogens with zero attached hydrogens (tertiary/aromatic N) is 3. The molecule has 0 bridgehead atoms. The van der Waals surface area contributed by atoms with Crippen molar-refractivity contribution < 1.29 is 8.42 Å². The molecule has 0 atom stereocenters. The van der Waals surface area contributed by atoms with Gasteiger partial charge in [-0.05, 0) is 43.4 Å². The van der Waals surface area contributed by atoms with Crippen molar-refractivity contribution in [1.82, 2.24) is 13.9 Å². The summed E-state index contributed by atoms with van der Waals surface area (Å²) >= 11 is 0. The van der Waals surface area contributed by atoms with Gasteiger partial charge in [-0.2, -0.15) is 0 Å². The molecule has 0 aliphatic carbocycles. The third kappa shape index (κ3) is 4.41. The maximum absolute atomic E-state index is 12.8. The molecule has 0 unspecified atom stereocenters. The molecule has 0 amide bonds. The van der Waals surface area contributed by atoms with Gasteiger partial charge in [-0.25, -0.2) is 17.7 Å². The van der Waals surface area contributed by atoms with E-state index in [1.54, 1.807) is 21.3 Å². The average Bonchev–Trinajstić information content (AvgIpc) is 2.70. The molecule has 1 aliphatic rings. The number of piperidine rings is 1. The predicted octanol–water partition coefficient (Wildman–Crippen LogP) is 2.95. The lowest BCUT2D eigenvalue weighted by atomic mass is 9.98. The highest BCUT2D eigenvalue weighted by molar-refractivity contribution is 7.88. The van der Waals surface area contributed by atoms with Crippen molar-refractivity contribution in [1.29, 1.82) is 0 Å². The van der Waals surface area contributed by atoms with Crippen molar-refractivity contribution in [2.45, 2.75) is 32.1 Å². The van der Waals surface area contributed by atoms with Gasteiger partial charge >= 0.3 is 0 Å². The zero-order valence-corrected chi connectivity index (χ0v) is 17.3. The third-order valence-electron chi connectivity index (χ3n) is 5.58. The molecule has 2 heterocycles. The van der Waals surface area contributed by atoms with E-state index < -0.39 is 10.0 Å². The molecule has 152 valence electrons. The standard InChI is InChI=1S/C22H25N3O3S/c1-17-5-4-6-19(13-17)15-29(27,28)25-11-9-18(10-12-25)14-24-16-23-21-8-3-2-7-20(21)22(24)26/h2-8,13,16,18H,9-12,14-15H2,1H3. The Labute approximate surface area is 170 Å². The molecular weight excluding hydrogens is 386 g/mol. The van der Waals surface area contributed by atoms with Gasteiger partial charge in [0.15, 0.2) is 0 Å². The Morgan fingerprint density at radius 1 is 1.07 bits per heavy atom. The van der Waals surface area contributed by atoms with Crippen LogP contribution < -0.4 is 5.56 Å². The van der Waals surface area contributed by atoms with Crippen LogP contribution in [0.15, 0.2) is 59.7 Å². The van der Waals surface area contributed by atoms with E-state index in [-0.39, 0.29) is 17.2 Å². The molecule has 2 aromatic carbocycles. The van der Waals surface area contributed by atoms with Gasteiger partial charge in [0, 0.05) is 19.6 Å². The van der Waals surface area contributed by atoms with Gasteiger partial charge in [0.05, 0.1) is 23.0 Å². The summed E-state index contributed by atoms with van der Waals surface area (Å²) in [5.74, 6) is 0.300. The number of hydrogen-bond donors (Lipinski definition) is 0. The van der Waals surface area contributed by atoms with Crippen LogP contribution in [0.3, 0.4) is 0 Å². The van der Waals surface area contributed by atoms with Crippen LogP contribution >= 0.6 is 0 Å². The molecular formula is C22H25N3O3S. The van der Waals surface area contributed by atoms with Crippen LogP contribution in [0, 0.1) is 12.8 Å². The smallest absolute Gasteiger partial charge is 0.261 e. The molecule has 0 N–H and O–H groups in total. The first kappa shape index (κ1) is 19.8. The summed E-state index contributed by atoms with van der Waals surface area (Å²) < 4.78 is 28.8. The first-order valence-corrected chi connectivity index (χ1v) is 11.5. The predicted molar refractivity (Wildman–Crippen MR) is 114 cm³/mol. The van der Waals surface area contributed by atoms with Crippen LogP contribution in [0.25, 0.3) is 10.9 Å². The minimum atomic E-state index is -3.33. The fourth-order valence-electron chi connectivity index (χ4n) is 3.99. The highest BCUT2D eigenvalue weighted by atomic mass is 32.2. The second-order valence-electron chi connectivity index (χ2n) is 7.81. The Morgan fingerprint density at radius 2 is 1.83 bits per heavy atom. The van der Waals surface area contributed by atoms with Gasteiger partial charge < -0.3 is 0 Å². The molecule has 3 aromatic rings. The van der Waals surface area contributed by atoms with E-state index >= 15 is 0 Å². The molecule has 1 aliphatic heterocycles. The molecule has 0 radical (unpaired) electrons. The highest BCUT2D eigenvalue weighted by Gasteiger charge is 2.28. The first-order chi connectivity index (χ1) is 13.9. The van der Waals surface area contributed by atoms with Gasteiger partial charge in [0.25, 0.3) is 5.56 Å². The number of para-hydroxylation sites is 1. The fraction of sp³-hybridized carbons (Fsp3) is 0.364. The summed E-state index contributed by atoms with van der Waals surface area (Å²) in [5.41, 5.74) is 2.54. The lowest BCUT2D eigenvalue weighted by Crippen LogP contribution is -2.40. The third-order valence-corrected chi connectivity index (χ3v) is 7.43. The summed E-state index contributed by atoms with van der Waals surface area (Å²) in [7, 11) is -3.33. The summed E-state index contributed by atoms with van der Waals surface area (Å²) in [6, 6.07) is 15.0. The number of benzene rings is 2. The molecule has 1 saturated heterocycles. The largest absolute Gasteiger partial charge is 0.298 e. The average molecular weight is 412 g/mol. The van der Waals surface area contributed by atoms with E-state index in [9.17, 15) is 13.2 Å². The number of rotatable bonds is 5. The summed E-state index contributed by atoms with van der Waals surface area (Å²) in [4.78, 5) is 17.0. The summed E-state index contributed by atoms with van der Waals surface area (Å²) in [6.45, 7) is 3.52. The van der Waals surface area contributed by atoms with E-state index in [1.165, 1.54) is 0 Å². The SMILES string of the molecule is Cc1cccc(CS(=O)(=O)N2CCC(Cn3cnc4ccccc4c3=O)CC2)c1. The maximum atomic E-state index is 12.8. The zero-order chi connectivity index (χ0) is 20.4. The Balaban J connectivity index is 1.40. The van der Waals surface area contributed by atoms with Crippen LogP contribution in [0.1, 0.15) is 24.0 Å². The Kier molecular flexibility index (Phi) is 5.52. The van der Waals surface area contributed by atoms with Gasteiger partial charge in [0.2, 0.25) is 10.0 Å². The quantitative estimate of drug-likeness (QED) is 0.647. The topological polar surface area (TPSA) is 72.3 Å². The molecule has 6 nitrogen and oxygen atoms in total. The molecule has 7 heteroatoms. The van der Waals surface area contributed by atoms with Crippen LogP contribution in [0.2, 0.25) is 0 Å².